The van der Waals surface area contributed by atoms with E-state index in [0.717, 1.165) is 15.6 Å². The second-order valence-corrected chi connectivity index (χ2v) is 5.32. The van der Waals surface area contributed by atoms with Crippen LogP contribution in [-0.4, -0.2) is 15.8 Å². The highest BCUT2D eigenvalue weighted by atomic mass is 32.2. The van der Waals surface area contributed by atoms with Gasteiger partial charge in [-0.15, -0.1) is 0 Å². The molecule has 0 saturated heterocycles. The van der Waals surface area contributed by atoms with Gasteiger partial charge in [0.15, 0.2) is 5.78 Å². The molecule has 0 aliphatic carbocycles. The van der Waals surface area contributed by atoms with Crippen molar-refractivity contribution < 1.29 is 4.79 Å². The number of rotatable bonds is 3. The fourth-order valence-electron chi connectivity index (χ4n) is 1.90. The maximum atomic E-state index is 11.3. The van der Waals surface area contributed by atoms with Gasteiger partial charge < -0.3 is 4.98 Å². The van der Waals surface area contributed by atoms with Gasteiger partial charge in [0.05, 0.1) is 5.03 Å². The number of para-hydroxylation sites is 1. The van der Waals surface area contributed by atoms with E-state index >= 15 is 0 Å². The second-order valence-electron chi connectivity index (χ2n) is 4.26. The number of fused-ring (bicyclic) bond motifs is 1. The van der Waals surface area contributed by atoms with Crippen molar-refractivity contribution in [2.24, 2.45) is 0 Å². The van der Waals surface area contributed by atoms with Crippen molar-refractivity contribution in [2.45, 2.75) is 17.0 Å². The Labute approximate surface area is 115 Å². The lowest BCUT2D eigenvalue weighted by Crippen LogP contribution is -1.92. The highest BCUT2D eigenvalue weighted by Gasteiger charge is 2.05. The zero-order valence-corrected chi connectivity index (χ0v) is 11.2. The summed E-state index contributed by atoms with van der Waals surface area (Å²) < 4.78 is 0. The van der Waals surface area contributed by atoms with E-state index in [2.05, 4.69) is 22.1 Å². The van der Waals surface area contributed by atoms with Crippen molar-refractivity contribution in [2.75, 3.05) is 0 Å². The molecule has 0 aliphatic rings. The average molecular weight is 268 g/mol. The third-order valence-corrected chi connectivity index (χ3v) is 3.73. The molecule has 3 aromatic rings. The highest BCUT2D eigenvalue weighted by Crippen LogP contribution is 2.28. The molecule has 0 atom stereocenters. The van der Waals surface area contributed by atoms with Gasteiger partial charge in [0, 0.05) is 22.7 Å². The van der Waals surface area contributed by atoms with Crippen LogP contribution in [0.3, 0.4) is 0 Å². The number of aromatic nitrogens is 2. The van der Waals surface area contributed by atoms with Crippen molar-refractivity contribution in [1.82, 2.24) is 9.97 Å². The van der Waals surface area contributed by atoms with Gasteiger partial charge in [-0.1, -0.05) is 30.0 Å². The summed E-state index contributed by atoms with van der Waals surface area (Å²) in [5.41, 5.74) is 1.79. The van der Waals surface area contributed by atoms with Crippen LogP contribution in [0.1, 0.15) is 17.3 Å². The first-order valence-corrected chi connectivity index (χ1v) is 6.76. The van der Waals surface area contributed by atoms with Crippen molar-refractivity contribution in [3.63, 3.8) is 0 Å². The van der Waals surface area contributed by atoms with Crippen LogP contribution in [0.15, 0.2) is 58.7 Å². The van der Waals surface area contributed by atoms with Crippen molar-refractivity contribution in [3.8, 4) is 0 Å². The lowest BCUT2D eigenvalue weighted by atomic mass is 10.2. The summed E-state index contributed by atoms with van der Waals surface area (Å²) in [7, 11) is 0. The van der Waals surface area contributed by atoms with E-state index in [9.17, 15) is 4.79 Å². The summed E-state index contributed by atoms with van der Waals surface area (Å²) in [6.07, 6.45) is 1.67. The summed E-state index contributed by atoms with van der Waals surface area (Å²) in [6, 6.07) is 13.8. The number of hydrogen-bond acceptors (Lipinski definition) is 3. The number of aromatic amines is 1. The van der Waals surface area contributed by atoms with Gasteiger partial charge in [0.1, 0.15) is 5.03 Å². The number of pyridine rings is 1. The number of nitrogens with zero attached hydrogens (tertiary/aromatic N) is 1. The molecule has 0 saturated carbocycles. The number of hydrogen-bond donors (Lipinski definition) is 1. The first-order chi connectivity index (χ1) is 9.22. The number of H-pyrrole nitrogens is 1. The van der Waals surface area contributed by atoms with E-state index in [1.807, 2.05) is 24.3 Å². The lowest BCUT2D eigenvalue weighted by Gasteiger charge is -2.00. The van der Waals surface area contributed by atoms with Crippen LogP contribution in [0.4, 0.5) is 0 Å². The van der Waals surface area contributed by atoms with E-state index in [1.165, 1.54) is 17.1 Å². The molecule has 4 heteroatoms. The molecule has 0 unspecified atom stereocenters. The molecule has 1 aromatic carbocycles. The van der Waals surface area contributed by atoms with Crippen LogP contribution in [0.5, 0.6) is 0 Å². The molecule has 3 rings (SSSR count). The summed E-state index contributed by atoms with van der Waals surface area (Å²) in [5.74, 6) is 0.0564. The van der Waals surface area contributed by atoms with E-state index in [1.54, 1.807) is 19.2 Å². The van der Waals surface area contributed by atoms with Gasteiger partial charge in [-0.05, 0) is 31.2 Å². The van der Waals surface area contributed by atoms with Crippen molar-refractivity contribution in [1.29, 1.82) is 0 Å². The Bertz CT molecular complexity index is 715. The minimum Gasteiger partial charge on any atom is -0.349 e. The van der Waals surface area contributed by atoms with Crippen LogP contribution in [0.25, 0.3) is 10.9 Å². The molecule has 0 radical (unpaired) electrons. The SMILES string of the molecule is CC(=O)c1ccnc(Sc2cc3ccccc3[nH]2)c1. The zero-order chi connectivity index (χ0) is 13.2. The van der Waals surface area contributed by atoms with Gasteiger partial charge in [-0.25, -0.2) is 4.98 Å². The van der Waals surface area contributed by atoms with E-state index in [4.69, 9.17) is 0 Å². The Balaban J connectivity index is 1.92. The monoisotopic (exact) mass is 268 g/mol. The minimum atomic E-state index is 0.0564. The third-order valence-electron chi connectivity index (χ3n) is 2.86. The van der Waals surface area contributed by atoms with Gasteiger partial charge in [-0.3, -0.25) is 4.79 Å². The Morgan fingerprint density at radius 3 is 2.84 bits per heavy atom. The zero-order valence-electron chi connectivity index (χ0n) is 10.4. The van der Waals surface area contributed by atoms with Crippen LogP contribution >= 0.6 is 11.8 Å². The first kappa shape index (κ1) is 12.0. The number of carbonyl (C=O) groups excluding carboxylic acids is 1. The topological polar surface area (TPSA) is 45.8 Å². The minimum absolute atomic E-state index is 0.0564. The van der Waals surface area contributed by atoms with Crippen LogP contribution in [-0.2, 0) is 0 Å². The summed E-state index contributed by atoms with van der Waals surface area (Å²) in [6.45, 7) is 1.56. The highest BCUT2D eigenvalue weighted by molar-refractivity contribution is 7.99. The molecule has 0 aliphatic heterocycles. The number of carbonyl (C=O) groups is 1. The van der Waals surface area contributed by atoms with Crippen LogP contribution in [0, 0.1) is 0 Å². The Kier molecular flexibility index (Phi) is 3.09. The maximum Gasteiger partial charge on any atom is 0.159 e. The molecule has 0 spiro atoms. The molecule has 2 heterocycles. The summed E-state index contributed by atoms with van der Waals surface area (Å²) >= 11 is 1.53. The summed E-state index contributed by atoms with van der Waals surface area (Å²) in [5, 5.41) is 3.02. The summed E-state index contributed by atoms with van der Waals surface area (Å²) in [4.78, 5) is 19.0. The van der Waals surface area contributed by atoms with Gasteiger partial charge in [-0.2, -0.15) is 0 Å². The smallest absolute Gasteiger partial charge is 0.159 e. The van der Waals surface area contributed by atoms with Gasteiger partial charge in [0.25, 0.3) is 0 Å². The molecule has 0 bridgehead atoms. The quantitative estimate of drug-likeness (QED) is 0.732. The molecule has 3 nitrogen and oxygen atoms in total. The maximum absolute atomic E-state index is 11.3. The van der Waals surface area contributed by atoms with Crippen molar-refractivity contribution in [3.05, 3.63) is 54.2 Å². The normalized spacial score (nSPS) is 10.8. The number of Topliss-reactive ketones (excluding diaryl/α,β-unsaturated/α-hetero) is 1. The van der Waals surface area contributed by atoms with Crippen LogP contribution < -0.4 is 0 Å². The second kappa shape index (κ2) is 4.90. The Morgan fingerprint density at radius 2 is 2.05 bits per heavy atom. The molecule has 0 amide bonds. The van der Waals surface area contributed by atoms with E-state index in [-0.39, 0.29) is 5.78 Å². The van der Waals surface area contributed by atoms with Crippen molar-refractivity contribution >= 4 is 28.4 Å². The van der Waals surface area contributed by atoms with E-state index in [0.29, 0.717) is 5.56 Å². The largest absolute Gasteiger partial charge is 0.349 e. The predicted octanol–water partition coefficient (Wildman–Crippen LogP) is 3.92. The number of benzene rings is 1. The Morgan fingerprint density at radius 1 is 1.21 bits per heavy atom. The molecule has 19 heavy (non-hydrogen) atoms. The lowest BCUT2D eigenvalue weighted by molar-refractivity contribution is 0.101. The molecule has 2 aromatic heterocycles. The standard InChI is InChI=1S/C15H12N2OS/c1-10(18)11-6-7-16-14(8-11)19-15-9-12-4-2-3-5-13(12)17-15/h2-9,17H,1H3. The molecule has 0 fully saturated rings. The average Bonchev–Trinajstić information content (AvgIpc) is 2.81. The van der Waals surface area contributed by atoms with Gasteiger partial charge in [0.2, 0.25) is 0 Å². The fourth-order valence-corrected chi connectivity index (χ4v) is 2.77. The molecular weight excluding hydrogens is 256 g/mol. The number of nitrogens with one attached hydrogen (secondary N) is 1. The molecular formula is C15H12N2OS. The van der Waals surface area contributed by atoms with Gasteiger partial charge >= 0.3 is 0 Å². The fraction of sp³-hybridized carbons (Fsp3) is 0.0667. The Hall–Kier alpha value is -2.07. The third kappa shape index (κ3) is 2.53. The molecule has 94 valence electrons. The van der Waals surface area contributed by atoms with E-state index < -0.39 is 0 Å². The van der Waals surface area contributed by atoms with Crippen LogP contribution in [0.2, 0.25) is 0 Å². The first-order valence-electron chi connectivity index (χ1n) is 5.95. The molecule has 1 N–H and O–H groups in total. The number of ketones is 1. The predicted molar refractivity (Wildman–Crippen MR) is 76.7 cm³/mol.